The minimum Gasteiger partial charge on any atom is -0.497 e. The van der Waals surface area contributed by atoms with Crippen LogP contribution < -0.4 is 10.1 Å². The molecule has 0 aliphatic rings. The maximum atomic E-state index is 9.50. The third-order valence-corrected chi connectivity index (χ3v) is 2.90. The maximum absolute atomic E-state index is 9.50. The molecule has 1 aromatic rings. The standard InChI is InChI=1S/C13H21NO3/c1-4-13(9-15,10-16-2)14-11-5-7-12(17-3)8-6-11/h5-8,14-15H,4,9-10H2,1-3H3. The lowest BCUT2D eigenvalue weighted by atomic mass is 9.98. The molecule has 4 nitrogen and oxygen atoms in total. The summed E-state index contributed by atoms with van der Waals surface area (Å²) in [4.78, 5) is 0. The Kier molecular flexibility index (Phi) is 5.25. The van der Waals surface area contributed by atoms with Crippen molar-refractivity contribution in [1.82, 2.24) is 0 Å². The maximum Gasteiger partial charge on any atom is 0.119 e. The fraction of sp³-hybridized carbons (Fsp3) is 0.538. The Morgan fingerprint density at radius 2 is 1.88 bits per heavy atom. The van der Waals surface area contributed by atoms with E-state index >= 15 is 0 Å². The molecule has 1 rings (SSSR count). The van der Waals surface area contributed by atoms with E-state index in [1.807, 2.05) is 31.2 Å². The first-order valence-electron chi connectivity index (χ1n) is 5.71. The zero-order valence-electron chi connectivity index (χ0n) is 10.7. The molecule has 0 aliphatic carbocycles. The topological polar surface area (TPSA) is 50.7 Å². The van der Waals surface area contributed by atoms with Gasteiger partial charge in [0.1, 0.15) is 5.75 Å². The minimum absolute atomic E-state index is 0.0311. The summed E-state index contributed by atoms with van der Waals surface area (Å²) in [5, 5.41) is 12.8. The molecule has 1 aromatic carbocycles. The summed E-state index contributed by atoms with van der Waals surface area (Å²) in [7, 11) is 3.27. The van der Waals surface area contributed by atoms with Gasteiger partial charge in [-0.15, -0.1) is 0 Å². The number of aliphatic hydroxyl groups excluding tert-OH is 1. The highest BCUT2D eigenvalue weighted by molar-refractivity contribution is 5.48. The van der Waals surface area contributed by atoms with Gasteiger partial charge < -0.3 is 19.9 Å². The first kappa shape index (κ1) is 13.8. The van der Waals surface area contributed by atoms with Gasteiger partial charge in [-0.1, -0.05) is 6.92 Å². The number of nitrogens with one attached hydrogen (secondary N) is 1. The number of benzene rings is 1. The number of methoxy groups -OCH3 is 2. The molecule has 17 heavy (non-hydrogen) atoms. The second kappa shape index (κ2) is 6.47. The van der Waals surface area contributed by atoms with Gasteiger partial charge in [0.05, 0.1) is 25.9 Å². The summed E-state index contributed by atoms with van der Waals surface area (Å²) in [6.45, 7) is 2.52. The molecule has 1 unspecified atom stereocenters. The van der Waals surface area contributed by atoms with E-state index in [-0.39, 0.29) is 6.61 Å². The number of anilines is 1. The summed E-state index contributed by atoms with van der Waals surface area (Å²) in [5.41, 5.74) is 0.516. The molecule has 0 heterocycles. The van der Waals surface area contributed by atoms with Gasteiger partial charge in [-0.2, -0.15) is 0 Å². The summed E-state index contributed by atoms with van der Waals surface area (Å²) in [6, 6.07) is 7.61. The van der Waals surface area contributed by atoms with Gasteiger partial charge >= 0.3 is 0 Å². The van der Waals surface area contributed by atoms with Crippen molar-refractivity contribution in [2.75, 3.05) is 32.8 Å². The molecule has 0 fully saturated rings. The van der Waals surface area contributed by atoms with Crippen molar-refractivity contribution in [3.63, 3.8) is 0 Å². The Labute approximate surface area is 103 Å². The van der Waals surface area contributed by atoms with Crippen molar-refractivity contribution in [2.45, 2.75) is 18.9 Å². The van der Waals surface area contributed by atoms with E-state index in [1.165, 1.54) is 0 Å². The van der Waals surface area contributed by atoms with Crippen molar-refractivity contribution in [3.05, 3.63) is 24.3 Å². The van der Waals surface area contributed by atoms with Crippen molar-refractivity contribution >= 4 is 5.69 Å². The average Bonchev–Trinajstić information content (AvgIpc) is 2.39. The Morgan fingerprint density at radius 3 is 2.29 bits per heavy atom. The number of aliphatic hydroxyl groups is 1. The van der Waals surface area contributed by atoms with E-state index < -0.39 is 5.54 Å². The van der Waals surface area contributed by atoms with Gasteiger partial charge in [0.25, 0.3) is 0 Å². The molecular formula is C13H21NO3. The van der Waals surface area contributed by atoms with Gasteiger partial charge in [-0.3, -0.25) is 0 Å². The van der Waals surface area contributed by atoms with Crippen LogP contribution in [0, 0.1) is 0 Å². The van der Waals surface area contributed by atoms with E-state index in [4.69, 9.17) is 9.47 Å². The summed E-state index contributed by atoms with van der Waals surface area (Å²) in [5.74, 6) is 0.813. The van der Waals surface area contributed by atoms with Gasteiger partial charge in [0.15, 0.2) is 0 Å². The predicted molar refractivity (Wildman–Crippen MR) is 68.6 cm³/mol. The van der Waals surface area contributed by atoms with Crippen LogP contribution in [0.3, 0.4) is 0 Å². The van der Waals surface area contributed by atoms with Crippen LogP contribution in [-0.2, 0) is 4.74 Å². The van der Waals surface area contributed by atoms with Crippen LogP contribution in [0.1, 0.15) is 13.3 Å². The number of rotatable bonds is 7. The minimum atomic E-state index is -0.427. The molecular weight excluding hydrogens is 218 g/mol. The lowest BCUT2D eigenvalue weighted by molar-refractivity contribution is 0.0962. The molecule has 1 atom stereocenters. The van der Waals surface area contributed by atoms with Gasteiger partial charge in [0, 0.05) is 12.8 Å². The van der Waals surface area contributed by atoms with Crippen LogP contribution >= 0.6 is 0 Å². The van der Waals surface area contributed by atoms with Crippen LogP contribution in [0.25, 0.3) is 0 Å². The second-order valence-electron chi connectivity index (χ2n) is 4.08. The highest BCUT2D eigenvalue weighted by Crippen LogP contribution is 2.21. The Hall–Kier alpha value is -1.26. The Balaban J connectivity index is 2.77. The van der Waals surface area contributed by atoms with E-state index in [0.717, 1.165) is 17.9 Å². The zero-order chi connectivity index (χ0) is 12.7. The van der Waals surface area contributed by atoms with Crippen molar-refractivity contribution in [1.29, 1.82) is 0 Å². The largest absolute Gasteiger partial charge is 0.497 e. The van der Waals surface area contributed by atoms with Crippen LogP contribution in [0.15, 0.2) is 24.3 Å². The third kappa shape index (κ3) is 3.61. The van der Waals surface area contributed by atoms with Crippen molar-refractivity contribution in [2.24, 2.45) is 0 Å². The average molecular weight is 239 g/mol. The van der Waals surface area contributed by atoms with E-state index in [2.05, 4.69) is 5.32 Å². The first-order chi connectivity index (χ1) is 8.19. The zero-order valence-corrected chi connectivity index (χ0v) is 10.7. The van der Waals surface area contributed by atoms with E-state index in [9.17, 15) is 5.11 Å². The van der Waals surface area contributed by atoms with Crippen LogP contribution in [0.4, 0.5) is 5.69 Å². The predicted octanol–water partition coefficient (Wildman–Crippen LogP) is 1.89. The monoisotopic (exact) mass is 239 g/mol. The molecule has 0 radical (unpaired) electrons. The summed E-state index contributed by atoms with van der Waals surface area (Å²) >= 11 is 0. The highest BCUT2D eigenvalue weighted by atomic mass is 16.5. The Morgan fingerprint density at radius 1 is 1.24 bits per heavy atom. The normalized spacial score (nSPS) is 14.1. The number of hydrogen-bond donors (Lipinski definition) is 2. The lowest BCUT2D eigenvalue weighted by Gasteiger charge is -2.32. The first-order valence-corrected chi connectivity index (χ1v) is 5.71. The van der Waals surface area contributed by atoms with Crippen LogP contribution in [-0.4, -0.2) is 38.1 Å². The van der Waals surface area contributed by atoms with Crippen LogP contribution in [0.2, 0.25) is 0 Å². The third-order valence-electron chi connectivity index (χ3n) is 2.90. The molecule has 96 valence electrons. The molecule has 0 saturated carbocycles. The quantitative estimate of drug-likeness (QED) is 0.763. The molecule has 0 aliphatic heterocycles. The highest BCUT2D eigenvalue weighted by Gasteiger charge is 2.27. The second-order valence-corrected chi connectivity index (χ2v) is 4.08. The molecule has 0 amide bonds. The number of ether oxygens (including phenoxy) is 2. The molecule has 2 N–H and O–H groups in total. The molecule has 0 saturated heterocycles. The van der Waals surface area contributed by atoms with E-state index in [1.54, 1.807) is 14.2 Å². The molecule has 4 heteroatoms. The van der Waals surface area contributed by atoms with Crippen molar-refractivity contribution in [3.8, 4) is 5.75 Å². The van der Waals surface area contributed by atoms with Crippen LogP contribution in [0.5, 0.6) is 5.75 Å². The molecule has 0 spiro atoms. The summed E-state index contributed by atoms with van der Waals surface area (Å²) < 4.78 is 10.3. The lowest BCUT2D eigenvalue weighted by Crippen LogP contribution is -2.45. The van der Waals surface area contributed by atoms with E-state index in [0.29, 0.717) is 6.61 Å². The molecule has 0 aromatic heterocycles. The Bertz CT molecular complexity index is 320. The molecule has 0 bridgehead atoms. The number of hydrogen-bond acceptors (Lipinski definition) is 4. The van der Waals surface area contributed by atoms with Gasteiger partial charge in [-0.05, 0) is 30.7 Å². The summed E-state index contributed by atoms with van der Waals surface area (Å²) in [6.07, 6.45) is 0.781. The fourth-order valence-corrected chi connectivity index (χ4v) is 1.68. The van der Waals surface area contributed by atoms with Gasteiger partial charge in [0.2, 0.25) is 0 Å². The van der Waals surface area contributed by atoms with Crippen molar-refractivity contribution < 1.29 is 14.6 Å². The van der Waals surface area contributed by atoms with Gasteiger partial charge in [-0.25, -0.2) is 0 Å². The smallest absolute Gasteiger partial charge is 0.119 e. The SMILES string of the molecule is CCC(CO)(COC)Nc1ccc(OC)cc1. The fourth-order valence-electron chi connectivity index (χ4n) is 1.68.